The first-order chi connectivity index (χ1) is 15.6. The van der Waals surface area contributed by atoms with Gasteiger partial charge in [0.1, 0.15) is 5.60 Å². The Morgan fingerprint density at radius 2 is 1.76 bits per heavy atom. The maximum Gasteiger partial charge on any atom is 0.412 e. The maximum atomic E-state index is 12.6. The van der Waals surface area contributed by atoms with Gasteiger partial charge in [0.05, 0.1) is 16.9 Å². The summed E-state index contributed by atoms with van der Waals surface area (Å²) >= 11 is 1.56. The number of anilines is 2. The summed E-state index contributed by atoms with van der Waals surface area (Å²) in [5.41, 5.74) is 1.71. The van der Waals surface area contributed by atoms with Gasteiger partial charge in [0.2, 0.25) is 5.91 Å². The fraction of sp³-hybridized carbons (Fsp3) is 0.160. The molecular weight excluding hydrogens is 440 g/mol. The van der Waals surface area contributed by atoms with E-state index in [2.05, 4.69) is 10.6 Å². The zero-order valence-corrected chi connectivity index (χ0v) is 19.2. The van der Waals surface area contributed by atoms with Crippen molar-refractivity contribution in [1.29, 1.82) is 0 Å². The highest BCUT2D eigenvalue weighted by Crippen LogP contribution is 2.32. The molecule has 1 aromatic heterocycles. The Bertz CT molecular complexity index is 1190. The molecule has 0 saturated heterocycles. The zero-order valence-electron chi connectivity index (χ0n) is 18.4. The van der Waals surface area contributed by atoms with E-state index in [1.165, 1.54) is 24.3 Å². The summed E-state index contributed by atoms with van der Waals surface area (Å²) < 4.78 is 5.32. The van der Waals surface area contributed by atoms with Crippen LogP contribution in [0.4, 0.5) is 16.2 Å². The van der Waals surface area contributed by atoms with Crippen molar-refractivity contribution in [2.75, 3.05) is 10.6 Å². The van der Waals surface area contributed by atoms with Crippen LogP contribution in [0.3, 0.4) is 0 Å². The third-order valence-corrected chi connectivity index (χ3v) is 5.20. The molecule has 7 nitrogen and oxygen atoms in total. The summed E-state index contributed by atoms with van der Waals surface area (Å²) in [6.45, 7) is 5.29. The molecule has 0 aliphatic heterocycles. The number of benzene rings is 2. The maximum absolute atomic E-state index is 12.6. The summed E-state index contributed by atoms with van der Waals surface area (Å²) in [5.74, 6) is -1.48. The molecule has 3 rings (SSSR count). The monoisotopic (exact) mass is 464 g/mol. The lowest BCUT2D eigenvalue weighted by atomic mass is 10.1. The van der Waals surface area contributed by atoms with Crippen LogP contribution in [0.15, 0.2) is 66.1 Å². The number of thiophene rings is 1. The number of carboxylic acid groups (broad SMARTS) is 1. The Balaban J connectivity index is 1.83. The highest BCUT2D eigenvalue weighted by atomic mass is 32.1. The SMILES string of the molecule is CC(C)(C)OC(=O)Nc1ccc(-c2cccs2)cc1NC(=O)C=Cc1cccc(C(=O)O)c1. The van der Waals surface area contributed by atoms with Gasteiger partial charge in [0, 0.05) is 11.0 Å². The van der Waals surface area contributed by atoms with E-state index in [0.717, 1.165) is 10.4 Å². The molecule has 0 unspecified atom stereocenters. The van der Waals surface area contributed by atoms with E-state index >= 15 is 0 Å². The van der Waals surface area contributed by atoms with Crippen LogP contribution in [-0.4, -0.2) is 28.7 Å². The lowest BCUT2D eigenvalue weighted by Crippen LogP contribution is -2.27. The number of aromatic carboxylic acids is 1. The summed E-state index contributed by atoms with van der Waals surface area (Å²) in [7, 11) is 0. The number of amides is 2. The number of carbonyl (C=O) groups excluding carboxylic acids is 2. The van der Waals surface area contributed by atoms with Gasteiger partial charge in [-0.15, -0.1) is 11.3 Å². The van der Waals surface area contributed by atoms with Crippen LogP contribution in [0.1, 0.15) is 36.7 Å². The normalized spacial score (nSPS) is 11.2. The average Bonchev–Trinajstić information content (AvgIpc) is 3.27. The number of carbonyl (C=O) groups is 3. The molecule has 0 radical (unpaired) electrons. The second-order valence-corrected chi connectivity index (χ2v) is 9.07. The topological polar surface area (TPSA) is 105 Å². The van der Waals surface area contributed by atoms with Crippen molar-refractivity contribution in [2.45, 2.75) is 26.4 Å². The van der Waals surface area contributed by atoms with E-state index in [0.29, 0.717) is 16.9 Å². The summed E-state index contributed by atoms with van der Waals surface area (Å²) in [6, 6.07) is 15.5. The molecule has 33 heavy (non-hydrogen) atoms. The molecule has 2 amide bonds. The van der Waals surface area contributed by atoms with Gasteiger partial charge in [0.15, 0.2) is 0 Å². The molecule has 2 aromatic carbocycles. The van der Waals surface area contributed by atoms with Crippen molar-refractivity contribution in [2.24, 2.45) is 0 Å². The molecular formula is C25H24N2O5S. The summed E-state index contributed by atoms with van der Waals surface area (Å²) in [5, 5.41) is 16.5. The molecule has 3 N–H and O–H groups in total. The first-order valence-corrected chi connectivity index (χ1v) is 11.0. The first-order valence-electron chi connectivity index (χ1n) is 10.1. The van der Waals surface area contributed by atoms with Crippen molar-refractivity contribution >= 4 is 46.8 Å². The Hall–Kier alpha value is -3.91. The lowest BCUT2D eigenvalue weighted by molar-refractivity contribution is -0.111. The minimum absolute atomic E-state index is 0.130. The molecule has 0 aliphatic carbocycles. The number of nitrogens with one attached hydrogen (secondary N) is 2. The predicted molar refractivity (Wildman–Crippen MR) is 131 cm³/mol. The standard InChI is InChI=1S/C25H24N2O5S/c1-25(2,3)32-24(31)27-19-11-10-17(21-8-5-13-33-21)15-20(19)26-22(28)12-9-16-6-4-7-18(14-16)23(29)30/h4-15H,1-3H3,(H,26,28)(H,27,31)(H,29,30). The highest BCUT2D eigenvalue weighted by molar-refractivity contribution is 7.13. The zero-order chi connectivity index (χ0) is 24.0. The Morgan fingerprint density at radius 3 is 2.42 bits per heavy atom. The van der Waals surface area contributed by atoms with E-state index in [1.54, 1.807) is 56.4 Å². The number of hydrogen-bond donors (Lipinski definition) is 3. The second kappa shape index (κ2) is 10.1. The van der Waals surface area contributed by atoms with Crippen molar-refractivity contribution in [3.05, 3.63) is 77.2 Å². The van der Waals surface area contributed by atoms with Crippen molar-refractivity contribution in [3.63, 3.8) is 0 Å². The van der Waals surface area contributed by atoms with Gasteiger partial charge in [-0.3, -0.25) is 10.1 Å². The highest BCUT2D eigenvalue weighted by Gasteiger charge is 2.18. The molecule has 170 valence electrons. The third-order valence-electron chi connectivity index (χ3n) is 4.28. The number of hydrogen-bond acceptors (Lipinski definition) is 5. The molecule has 0 bridgehead atoms. The van der Waals surface area contributed by atoms with E-state index in [4.69, 9.17) is 9.84 Å². The summed E-state index contributed by atoms with van der Waals surface area (Å²) in [4.78, 5) is 37.0. The van der Waals surface area contributed by atoms with E-state index in [-0.39, 0.29) is 5.56 Å². The lowest BCUT2D eigenvalue weighted by Gasteiger charge is -2.20. The largest absolute Gasteiger partial charge is 0.478 e. The molecule has 8 heteroatoms. The van der Waals surface area contributed by atoms with Crippen molar-refractivity contribution in [1.82, 2.24) is 0 Å². The van der Waals surface area contributed by atoms with Crippen molar-refractivity contribution in [3.8, 4) is 10.4 Å². The van der Waals surface area contributed by atoms with Crippen molar-refractivity contribution < 1.29 is 24.2 Å². The third kappa shape index (κ3) is 7.05. The second-order valence-electron chi connectivity index (χ2n) is 8.12. The molecule has 3 aromatic rings. The molecule has 0 aliphatic rings. The van der Waals surface area contributed by atoms with Gasteiger partial charge in [-0.25, -0.2) is 9.59 Å². The smallest absolute Gasteiger partial charge is 0.412 e. The van der Waals surface area contributed by atoms with Crippen LogP contribution in [0.5, 0.6) is 0 Å². The fourth-order valence-corrected chi connectivity index (χ4v) is 3.61. The van der Waals surface area contributed by atoms with Crippen LogP contribution >= 0.6 is 11.3 Å². The van der Waals surface area contributed by atoms with Gasteiger partial charge < -0.3 is 15.2 Å². The molecule has 0 spiro atoms. The number of rotatable bonds is 6. The molecule has 0 atom stereocenters. The Morgan fingerprint density at radius 1 is 0.970 bits per heavy atom. The van der Waals surface area contributed by atoms with Gasteiger partial charge in [0.25, 0.3) is 0 Å². The van der Waals surface area contributed by atoms with Gasteiger partial charge >= 0.3 is 12.1 Å². The molecule has 0 fully saturated rings. The minimum Gasteiger partial charge on any atom is -0.478 e. The predicted octanol–water partition coefficient (Wildman–Crippen LogP) is 6.11. The quantitative estimate of drug-likeness (QED) is 0.382. The van der Waals surface area contributed by atoms with Crippen LogP contribution < -0.4 is 10.6 Å². The van der Waals surface area contributed by atoms with Crippen LogP contribution in [0, 0.1) is 0 Å². The molecule has 1 heterocycles. The van der Waals surface area contributed by atoms with E-state index in [1.807, 2.05) is 23.6 Å². The van der Waals surface area contributed by atoms with Crippen LogP contribution in [0.2, 0.25) is 0 Å². The number of carboxylic acids is 1. The van der Waals surface area contributed by atoms with E-state index in [9.17, 15) is 14.4 Å². The number of ether oxygens (including phenoxy) is 1. The average molecular weight is 465 g/mol. The summed E-state index contributed by atoms with van der Waals surface area (Å²) in [6.07, 6.45) is 2.19. The van der Waals surface area contributed by atoms with Crippen LogP contribution in [0.25, 0.3) is 16.5 Å². The first kappa shape index (κ1) is 23.7. The van der Waals surface area contributed by atoms with Crippen LogP contribution in [-0.2, 0) is 9.53 Å². The fourth-order valence-electron chi connectivity index (χ4n) is 2.89. The van der Waals surface area contributed by atoms with Gasteiger partial charge in [-0.1, -0.05) is 24.3 Å². The van der Waals surface area contributed by atoms with E-state index < -0.39 is 23.6 Å². The Labute approximate surface area is 195 Å². The minimum atomic E-state index is -1.04. The van der Waals surface area contributed by atoms with Gasteiger partial charge in [-0.05, 0) is 73.7 Å². The Kier molecular flexibility index (Phi) is 7.30. The molecule has 0 saturated carbocycles. The van der Waals surface area contributed by atoms with Gasteiger partial charge in [-0.2, -0.15) is 0 Å².